The molecule has 0 saturated heterocycles. The minimum absolute atomic E-state index is 0.0337. The highest BCUT2D eigenvalue weighted by atomic mass is 16.1. The van der Waals surface area contributed by atoms with Crippen LogP contribution in [0.25, 0.3) is 22.9 Å². The van der Waals surface area contributed by atoms with E-state index < -0.39 is 0 Å². The third-order valence-corrected chi connectivity index (χ3v) is 6.35. The topological polar surface area (TPSA) is 34.1 Å². The Kier molecular flexibility index (Phi) is 3.70. The molecule has 0 amide bonds. The van der Waals surface area contributed by atoms with Gasteiger partial charge in [-0.1, -0.05) is 73.8 Å². The molecule has 2 nitrogen and oxygen atoms in total. The number of carbonyl (C=O) groups is 2. The van der Waals surface area contributed by atoms with Crippen LogP contribution in [0.5, 0.6) is 0 Å². The van der Waals surface area contributed by atoms with Crippen molar-refractivity contribution in [1.29, 1.82) is 0 Å². The van der Waals surface area contributed by atoms with Crippen molar-refractivity contribution in [3.05, 3.63) is 95.1 Å². The van der Waals surface area contributed by atoms with Gasteiger partial charge in [-0.2, -0.15) is 0 Å². The first-order valence-corrected chi connectivity index (χ1v) is 9.64. The van der Waals surface area contributed by atoms with Gasteiger partial charge in [0.05, 0.1) is 0 Å². The third kappa shape index (κ3) is 2.21. The molecule has 0 heterocycles. The molecule has 0 aromatic heterocycles. The first-order chi connectivity index (χ1) is 13.6. The molecule has 3 aromatic carbocycles. The van der Waals surface area contributed by atoms with Crippen LogP contribution in [0.2, 0.25) is 0 Å². The Morgan fingerprint density at radius 2 is 1.39 bits per heavy atom. The van der Waals surface area contributed by atoms with Crippen LogP contribution >= 0.6 is 0 Å². The summed E-state index contributed by atoms with van der Waals surface area (Å²) in [5.74, 6) is 0.376. The maximum atomic E-state index is 13.2. The number of carbonyl (C=O) groups excluding carboxylic acids is 2. The number of Topliss-reactive ketones (excluding diaryl/α,β-unsaturated/α-hetero) is 2. The average molecular weight is 364 g/mol. The van der Waals surface area contributed by atoms with Crippen LogP contribution in [-0.4, -0.2) is 11.6 Å². The molecule has 0 aliphatic heterocycles. The van der Waals surface area contributed by atoms with Gasteiger partial charge in [0.1, 0.15) is 0 Å². The monoisotopic (exact) mass is 364 g/mol. The van der Waals surface area contributed by atoms with Crippen LogP contribution in [0.1, 0.15) is 67.6 Å². The summed E-state index contributed by atoms with van der Waals surface area (Å²) < 4.78 is 0. The summed E-state index contributed by atoms with van der Waals surface area (Å²) in [6.07, 6.45) is 4.36. The Morgan fingerprint density at radius 3 is 2.11 bits per heavy atom. The van der Waals surface area contributed by atoms with Crippen LogP contribution in [0.15, 0.2) is 61.7 Å². The summed E-state index contributed by atoms with van der Waals surface area (Å²) >= 11 is 0. The molecule has 2 atom stereocenters. The maximum absolute atomic E-state index is 13.2. The highest BCUT2D eigenvalue weighted by Gasteiger charge is 2.42. The summed E-state index contributed by atoms with van der Waals surface area (Å²) in [6, 6.07) is 16.1. The van der Waals surface area contributed by atoms with E-state index >= 15 is 0 Å². The summed E-state index contributed by atoms with van der Waals surface area (Å²) in [6.45, 7) is 7.76. The molecule has 0 fully saturated rings. The number of hydrogen-bond acceptors (Lipinski definition) is 2. The lowest BCUT2D eigenvalue weighted by molar-refractivity contribution is 0.0905. The van der Waals surface area contributed by atoms with E-state index in [9.17, 15) is 9.59 Å². The predicted molar refractivity (Wildman–Crippen MR) is 114 cm³/mol. The minimum Gasteiger partial charge on any atom is -0.294 e. The number of fused-ring (bicyclic) bond motifs is 7. The molecule has 0 bridgehead atoms. The molecule has 0 radical (unpaired) electrons. The summed E-state index contributed by atoms with van der Waals surface area (Å²) in [5.41, 5.74) is 5.29. The fraction of sp³-hybridized carbons (Fsp3) is 0.154. The average Bonchev–Trinajstić information content (AvgIpc) is 2.73. The fourth-order valence-corrected chi connectivity index (χ4v) is 5.12. The van der Waals surface area contributed by atoms with E-state index in [2.05, 4.69) is 25.3 Å². The molecule has 3 aromatic rings. The van der Waals surface area contributed by atoms with Crippen molar-refractivity contribution in [3.8, 4) is 0 Å². The van der Waals surface area contributed by atoms with E-state index in [-0.39, 0.29) is 23.4 Å². The van der Waals surface area contributed by atoms with E-state index in [1.54, 1.807) is 12.2 Å². The molecular weight excluding hydrogens is 344 g/mol. The molecule has 2 aliphatic carbocycles. The van der Waals surface area contributed by atoms with Gasteiger partial charge in [0.2, 0.25) is 0 Å². The van der Waals surface area contributed by atoms with Crippen molar-refractivity contribution >= 4 is 34.5 Å². The van der Waals surface area contributed by atoms with Gasteiger partial charge in [-0.15, -0.1) is 0 Å². The van der Waals surface area contributed by atoms with Crippen LogP contribution in [0.4, 0.5) is 0 Å². The van der Waals surface area contributed by atoms with Crippen LogP contribution in [-0.2, 0) is 0 Å². The Labute approximate surface area is 164 Å². The molecule has 0 spiro atoms. The second-order valence-corrected chi connectivity index (χ2v) is 7.66. The van der Waals surface area contributed by atoms with Crippen molar-refractivity contribution in [3.63, 3.8) is 0 Å². The van der Waals surface area contributed by atoms with Gasteiger partial charge in [-0.3, -0.25) is 9.59 Å². The first-order valence-electron chi connectivity index (χ1n) is 9.64. The van der Waals surface area contributed by atoms with Gasteiger partial charge in [-0.25, -0.2) is 0 Å². The highest BCUT2D eigenvalue weighted by Crippen LogP contribution is 2.51. The Balaban J connectivity index is 1.75. The van der Waals surface area contributed by atoms with Crippen LogP contribution in [0, 0.1) is 0 Å². The van der Waals surface area contributed by atoms with Crippen molar-refractivity contribution in [2.24, 2.45) is 0 Å². The zero-order chi connectivity index (χ0) is 19.4. The van der Waals surface area contributed by atoms with Crippen LogP contribution < -0.4 is 0 Å². The maximum Gasteiger partial charge on any atom is 0.164 e. The van der Waals surface area contributed by atoms with Gasteiger partial charge in [-0.05, 0) is 44.9 Å². The van der Waals surface area contributed by atoms with E-state index in [0.29, 0.717) is 12.8 Å². The normalized spacial score (nSPS) is 20.3. The smallest absolute Gasteiger partial charge is 0.164 e. The lowest BCUT2D eigenvalue weighted by Gasteiger charge is -2.38. The second kappa shape index (κ2) is 6.13. The summed E-state index contributed by atoms with van der Waals surface area (Å²) in [5, 5.41) is 2.07. The van der Waals surface area contributed by atoms with Gasteiger partial charge in [0.25, 0.3) is 0 Å². The van der Waals surface area contributed by atoms with Crippen molar-refractivity contribution in [1.82, 2.24) is 0 Å². The van der Waals surface area contributed by atoms with E-state index in [1.807, 2.05) is 36.4 Å². The molecule has 0 N–H and O–H groups in total. The Hall–Kier alpha value is -3.26. The van der Waals surface area contributed by atoms with E-state index in [4.69, 9.17) is 0 Å². The summed E-state index contributed by atoms with van der Waals surface area (Å²) in [7, 11) is 0. The van der Waals surface area contributed by atoms with E-state index in [1.165, 1.54) is 0 Å². The molecular formula is C26H20O2. The number of hydrogen-bond donors (Lipinski definition) is 0. The van der Waals surface area contributed by atoms with E-state index in [0.717, 1.165) is 44.2 Å². The largest absolute Gasteiger partial charge is 0.294 e. The van der Waals surface area contributed by atoms with Gasteiger partial charge in [0.15, 0.2) is 11.6 Å². The standard InChI is InChI=1S/C26H20O2/c1-3-15-9-11-19-21-14-24(28)26-18-8-6-5-7-16(18)10-12-20(26)22(21)13-23(27)25(19)17(15)4-2/h3-12,21-22H,1-2,13-14H2. The number of ketones is 2. The second-order valence-electron chi connectivity index (χ2n) is 7.66. The summed E-state index contributed by atoms with van der Waals surface area (Å²) in [4.78, 5) is 26.4. The molecule has 2 heteroatoms. The molecule has 28 heavy (non-hydrogen) atoms. The Morgan fingerprint density at radius 1 is 0.750 bits per heavy atom. The number of rotatable bonds is 2. The third-order valence-electron chi connectivity index (χ3n) is 6.35. The van der Waals surface area contributed by atoms with Crippen molar-refractivity contribution in [2.45, 2.75) is 24.7 Å². The zero-order valence-electron chi connectivity index (χ0n) is 15.6. The zero-order valence-corrected chi connectivity index (χ0v) is 15.6. The Bertz CT molecular complexity index is 1200. The molecule has 5 rings (SSSR count). The van der Waals surface area contributed by atoms with Crippen molar-refractivity contribution in [2.75, 3.05) is 0 Å². The molecule has 2 unspecified atom stereocenters. The fourth-order valence-electron chi connectivity index (χ4n) is 5.12. The van der Waals surface area contributed by atoms with Gasteiger partial charge in [0, 0.05) is 24.0 Å². The SMILES string of the molecule is C=Cc1ccc2c(c1C=C)C(=O)CC1c3ccc4ccccc4c3C(=O)CC21. The highest BCUT2D eigenvalue weighted by molar-refractivity contribution is 6.12. The molecule has 136 valence electrons. The lowest BCUT2D eigenvalue weighted by atomic mass is 9.63. The van der Waals surface area contributed by atoms with Gasteiger partial charge >= 0.3 is 0 Å². The van der Waals surface area contributed by atoms with Gasteiger partial charge < -0.3 is 0 Å². The molecule has 0 saturated carbocycles. The number of benzene rings is 3. The minimum atomic E-state index is 0.0337. The molecule has 2 aliphatic rings. The van der Waals surface area contributed by atoms with Crippen LogP contribution in [0.3, 0.4) is 0 Å². The quantitative estimate of drug-likeness (QED) is 0.545. The predicted octanol–water partition coefficient (Wildman–Crippen LogP) is 6.17. The first kappa shape index (κ1) is 16.9. The lowest BCUT2D eigenvalue weighted by Crippen LogP contribution is -2.31. The van der Waals surface area contributed by atoms with Crippen molar-refractivity contribution < 1.29 is 9.59 Å².